The summed E-state index contributed by atoms with van der Waals surface area (Å²) in [7, 11) is 3.72. The number of hydrogen-bond donors (Lipinski definition) is 1. The van der Waals surface area contributed by atoms with Crippen molar-refractivity contribution in [2.24, 2.45) is 0 Å². The molecular weight excluding hydrogens is 258 g/mol. The van der Waals surface area contributed by atoms with Gasteiger partial charge in [-0.05, 0) is 55.3 Å². The largest absolute Gasteiger partial charge is 0.497 e. The standard InChI is InChI=1S/C19H25NO/c1-4-15-8-10-16(11-9-15)19(12-13-20-2)17-6-5-7-18(14-17)21-3/h5-11,14,19-20H,4,12-13H2,1-3H3. The third kappa shape index (κ3) is 4.08. The Morgan fingerprint density at radius 3 is 2.43 bits per heavy atom. The van der Waals surface area contributed by atoms with Crippen molar-refractivity contribution in [3.8, 4) is 5.75 Å². The molecule has 0 aromatic heterocycles. The lowest BCUT2D eigenvalue weighted by Crippen LogP contribution is -2.13. The smallest absolute Gasteiger partial charge is 0.119 e. The second kappa shape index (κ2) is 7.84. The average molecular weight is 283 g/mol. The van der Waals surface area contributed by atoms with Crippen molar-refractivity contribution >= 4 is 0 Å². The van der Waals surface area contributed by atoms with E-state index >= 15 is 0 Å². The molecule has 2 aromatic carbocycles. The molecule has 0 heterocycles. The highest BCUT2D eigenvalue weighted by molar-refractivity contribution is 5.38. The molecule has 112 valence electrons. The first-order chi connectivity index (χ1) is 10.3. The van der Waals surface area contributed by atoms with E-state index in [2.05, 4.69) is 54.7 Å². The monoisotopic (exact) mass is 283 g/mol. The molecule has 2 nitrogen and oxygen atoms in total. The van der Waals surface area contributed by atoms with Crippen molar-refractivity contribution in [1.82, 2.24) is 5.32 Å². The highest BCUT2D eigenvalue weighted by atomic mass is 16.5. The summed E-state index contributed by atoms with van der Waals surface area (Å²) in [6.07, 6.45) is 2.16. The van der Waals surface area contributed by atoms with Gasteiger partial charge in [-0.1, -0.05) is 43.3 Å². The van der Waals surface area contributed by atoms with Crippen molar-refractivity contribution in [2.75, 3.05) is 20.7 Å². The van der Waals surface area contributed by atoms with E-state index in [-0.39, 0.29) is 0 Å². The van der Waals surface area contributed by atoms with Crippen LogP contribution in [0.1, 0.15) is 36.0 Å². The van der Waals surface area contributed by atoms with Crippen LogP contribution in [0.25, 0.3) is 0 Å². The van der Waals surface area contributed by atoms with Gasteiger partial charge in [-0.2, -0.15) is 0 Å². The quantitative estimate of drug-likeness (QED) is 0.829. The van der Waals surface area contributed by atoms with E-state index in [0.717, 1.165) is 25.1 Å². The van der Waals surface area contributed by atoms with Crippen molar-refractivity contribution in [3.63, 3.8) is 0 Å². The van der Waals surface area contributed by atoms with Crippen LogP contribution in [0.15, 0.2) is 48.5 Å². The fourth-order valence-electron chi connectivity index (χ4n) is 2.66. The van der Waals surface area contributed by atoms with Gasteiger partial charge in [0.25, 0.3) is 0 Å². The molecule has 0 aliphatic heterocycles. The Hall–Kier alpha value is -1.80. The van der Waals surface area contributed by atoms with Crippen molar-refractivity contribution in [2.45, 2.75) is 25.7 Å². The lowest BCUT2D eigenvalue weighted by molar-refractivity contribution is 0.414. The second-order valence-electron chi connectivity index (χ2n) is 5.32. The molecule has 0 saturated carbocycles. The van der Waals surface area contributed by atoms with Crippen LogP contribution in [-0.2, 0) is 6.42 Å². The molecule has 2 aromatic rings. The minimum Gasteiger partial charge on any atom is -0.497 e. The lowest BCUT2D eigenvalue weighted by atomic mass is 9.88. The first-order valence-corrected chi connectivity index (χ1v) is 7.65. The maximum absolute atomic E-state index is 5.37. The van der Waals surface area contributed by atoms with E-state index in [1.807, 2.05) is 13.1 Å². The van der Waals surface area contributed by atoms with E-state index in [0.29, 0.717) is 5.92 Å². The van der Waals surface area contributed by atoms with Gasteiger partial charge in [0.15, 0.2) is 0 Å². The SMILES string of the molecule is CCc1ccc(C(CCNC)c2cccc(OC)c2)cc1. The molecule has 1 unspecified atom stereocenters. The van der Waals surface area contributed by atoms with Crippen LogP contribution in [0.5, 0.6) is 5.75 Å². The molecule has 1 N–H and O–H groups in total. The predicted octanol–water partition coefficient (Wildman–Crippen LogP) is 4.00. The molecule has 2 rings (SSSR count). The third-order valence-corrected chi connectivity index (χ3v) is 3.97. The average Bonchev–Trinajstić information content (AvgIpc) is 2.56. The molecule has 0 aliphatic rings. The zero-order valence-corrected chi connectivity index (χ0v) is 13.2. The summed E-state index contributed by atoms with van der Waals surface area (Å²) < 4.78 is 5.37. The predicted molar refractivity (Wildman–Crippen MR) is 89.2 cm³/mol. The maximum atomic E-state index is 5.37. The molecule has 0 fully saturated rings. The van der Waals surface area contributed by atoms with Crippen molar-refractivity contribution < 1.29 is 4.74 Å². The Morgan fingerprint density at radius 1 is 1.05 bits per heavy atom. The van der Waals surface area contributed by atoms with Crippen LogP contribution >= 0.6 is 0 Å². The summed E-state index contributed by atoms with van der Waals surface area (Å²) in [5.74, 6) is 1.32. The highest BCUT2D eigenvalue weighted by Crippen LogP contribution is 2.30. The number of rotatable bonds is 7. The van der Waals surface area contributed by atoms with Crippen LogP contribution in [-0.4, -0.2) is 20.7 Å². The Labute approximate surface area is 128 Å². The minimum atomic E-state index is 0.401. The van der Waals surface area contributed by atoms with Gasteiger partial charge in [-0.3, -0.25) is 0 Å². The number of nitrogens with one attached hydrogen (secondary N) is 1. The topological polar surface area (TPSA) is 21.3 Å². The highest BCUT2D eigenvalue weighted by Gasteiger charge is 2.14. The molecule has 0 amide bonds. The summed E-state index contributed by atoms with van der Waals surface area (Å²) in [6, 6.07) is 17.4. The zero-order chi connectivity index (χ0) is 15.1. The van der Waals surface area contributed by atoms with Crippen LogP contribution in [0, 0.1) is 0 Å². The fraction of sp³-hybridized carbons (Fsp3) is 0.368. The Kier molecular flexibility index (Phi) is 5.82. The second-order valence-corrected chi connectivity index (χ2v) is 5.32. The summed E-state index contributed by atoms with van der Waals surface area (Å²) in [6.45, 7) is 3.19. The maximum Gasteiger partial charge on any atom is 0.119 e. The molecule has 21 heavy (non-hydrogen) atoms. The molecule has 0 spiro atoms. The summed E-state index contributed by atoms with van der Waals surface area (Å²) in [5.41, 5.74) is 4.07. The minimum absolute atomic E-state index is 0.401. The number of methoxy groups -OCH3 is 1. The summed E-state index contributed by atoms with van der Waals surface area (Å²) in [5, 5.41) is 3.26. The fourth-order valence-corrected chi connectivity index (χ4v) is 2.66. The van der Waals surface area contributed by atoms with E-state index < -0.39 is 0 Å². The lowest BCUT2D eigenvalue weighted by Gasteiger charge is -2.19. The van der Waals surface area contributed by atoms with Gasteiger partial charge in [-0.25, -0.2) is 0 Å². The van der Waals surface area contributed by atoms with Crippen molar-refractivity contribution in [3.05, 3.63) is 65.2 Å². The van der Waals surface area contributed by atoms with Gasteiger partial charge in [-0.15, -0.1) is 0 Å². The Bertz CT molecular complexity index is 548. The number of aryl methyl sites for hydroxylation is 1. The van der Waals surface area contributed by atoms with Crippen LogP contribution in [0.2, 0.25) is 0 Å². The van der Waals surface area contributed by atoms with Crippen molar-refractivity contribution in [1.29, 1.82) is 0 Å². The molecule has 2 heteroatoms. The Morgan fingerprint density at radius 2 is 1.81 bits per heavy atom. The number of benzene rings is 2. The van der Waals surface area contributed by atoms with Gasteiger partial charge in [0.05, 0.1) is 7.11 Å². The first kappa shape index (κ1) is 15.6. The third-order valence-electron chi connectivity index (χ3n) is 3.97. The van der Waals surface area contributed by atoms with Crippen LogP contribution in [0.4, 0.5) is 0 Å². The molecule has 0 saturated heterocycles. The van der Waals surface area contributed by atoms with E-state index in [1.54, 1.807) is 7.11 Å². The molecule has 0 radical (unpaired) electrons. The summed E-state index contributed by atoms with van der Waals surface area (Å²) in [4.78, 5) is 0. The van der Waals surface area contributed by atoms with E-state index in [1.165, 1.54) is 16.7 Å². The van der Waals surface area contributed by atoms with Gasteiger partial charge >= 0.3 is 0 Å². The Balaban J connectivity index is 2.31. The molecule has 0 bridgehead atoms. The number of hydrogen-bond acceptors (Lipinski definition) is 2. The van der Waals surface area contributed by atoms with Crippen LogP contribution in [0.3, 0.4) is 0 Å². The molecule has 0 aliphatic carbocycles. The van der Waals surface area contributed by atoms with Gasteiger partial charge in [0.1, 0.15) is 5.75 Å². The number of ether oxygens (including phenoxy) is 1. The first-order valence-electron chi connectivity index (χ1n) is 7.65. The van der Waals surface area contributed by atoms with E-state index in [9.17, 15) is 0 Å². The molecule has 1 atom stereocenters. The van der Waals surface area contributed by atoms with Crippen LogP contribution < -0.4 is 10.1 Å². The zero-order valence-electron chi connectivity index (χ0n) is 13.2. The van der Waals surface area contributed by atoms with Gasteiger partial charge in [0, 0.05) is 5.92 Å². The van der Waals surface area contributed by atoms with Gasteiger partial charge in [0.2, 0.25) is 0 Å². The van der Waals surface area contributed by atoms with Gasteiger partial charge < -0.3 is 10.1 Å². The molecular formula is C19H25NO. The normalized spacial score (nSPS) is 12.1. The van der Waals surface area contributed by atoms with E-state index in [4.69, 9.17) is 4.74 Å². The summed E-state index contributed by atoms with van der Waals surface area (Å²) >= 11 is 0.